The maximum absolute atomic E-state index is 12.1. The molecule has 0 amide bonds. The van der Waals surface area contributed by atoms with Gasteiger partial charge in [0, 0.05) is 11.3 Å². The Morgan fingerprint density at radius 2 is 1.85 bits per heavy atom. The lowest BCUT2D eigenvalue weighted by atomic mass is 10.1. The summed E-state index contributed by atoms with van der Waals surface area (Å²) in [6.45, 7) is 1.55. The summed E-state index contributed by atoms with van der Waals surface area (Å²) >= 11 is 3.13. The van der Waals surface area contributed by atoms with Crippen molar-refractivity contribution in [1.82, 2.24) is 0 Å². The van der Waals surface area contributed by atoms with Crippen LogP contribution in [0.3, 0.4) is 0 Å². The molecule has 0 aliphatic carbocycles. The third-order valence-electron chi connectivity index (χ3n) is 2.60. The molecule has 20 heavy (non-hydrogen) atoms. The molecule has 0 saturated carbocycles. The predicted octanol–water partition coefficient (Wildman–Crippen LogP) is 3.03. The third-order valence-corrected chi connectivity index (χ3v) is 4.33. The molecule has 7 heteroatoms. The molecule has 1 N–H and O–H groups in total. The van der Waals surface area contributed by atoms with Crippen LogP contribution in [0.25, 0.3) is 0 Å². The smallest absolute Gasteiger partial charge is 0.232 e. The average molecular weight is 358 g/mol. The minimum atomic E-state index is -3.31. The van der Waals surface area contributed by atoms with Gasteiger partial charge in [-0.25, -0.2) is 8.42 Å². The molecule has 0 aliphatic rings. The van der Waals surface area contributed by atoms with Crippen molar-refractivity contribution in [3.63, 3.8) is 0 Å². The Balaban J connectivity index is 2.18. The lowest BCUT2D eigenvalue weighted by Crippen LogP contribution is -2.14. The van der Waals surface area contributed by atoms with Gasteiger partial charge in [0.15, 0.2) is 10.4 Å². The van der Waals surface area contributed by atoms with Gasteiger partial charge in [-0.15, -0.1) is 0 Å². The fourth-order valence-electron chi connectivity index (χ4n) is 1.52. The molecule has 0 bridgehead atoms. The van der Waals surface area contributed by atoms with E-state index in [2.05, 4.69) is 20.7 Å². The first-order valence-corrected chi connectivity index (χ1v) is 8.26. The zero-order chi connectivity index (χ0) is 14.8. The Morgan fingerprint density at radius 1 is 1.20 bits per heavy atom. The van der Waals surface area contributed by atoms with Gasteiger partial charge in [-0.3, -0.25) is 9.52 Å². The van der Waals surface area contributed by atoms with E-state index >= 15 is 0 Å². The molecule has 5 nitrogen and oxygen atoms in total. The largest absolute Gasteiger partial charge is 0.446 e. The van der Waals surface area contributed by atoms with E-state index in [0.29, 0.717) is 15.9 Å². The van der Waals surface area contributed by atoms with Crippen molar-refractivity contribution in [2.24, 2.45) is 0 Å². The molecule has 106 valence electrons. The lowest BCUT2D eigenvalue weighted by molar-refractivity contribution is 0.101. The second kappa shape index (κ2) is 5.80. The van der Waals surface area contributed by atoms with Crippen LogP contribution in [0.2, 0.25) is 0 Å². The number of sulfonamides is 1. The molecule has 1 aromatic carbocycles. The topological polar surface area (TPSA) is 76.4 Å². The Morgan fingerprint density at radius 3 is 2.35 bits per heavy atom. The first-order valence-electron chi connectivity index (χ1n) is 5.82. The van der Waals surface area contributed by atoms with Crippen LogP contribution in [-0.4, -0.2) is 20.0 Å². The highest BCUT2D eigenvalue weighted by atomic mass is 79.9. The van der Waals surface area contributed by atoms with Gasteiger partial charge in [0.1, 0.15) is 0 Å². The van der Waals surface area contributed by atoms with Crippen molar-refractivity contribution >= 4 is 37.4 Å². The highest BCUT2D eigenvalue weighted by Gasteiger charge is 2.13. The second-order valence-electron chi connectivity index (χ2n) is 4.02. The molecule has 0 fully saturated rings. The van der Waals surface area contributed by atoms with Gasteiger partial charge in [0.25, 0.3) is 0 Å². The highest BCUT2D eigenvalue weighted by molar-refractivity contribution is 9.10. The van der Waals surface area contributed by atoms with Crippen molar-refractivity contribution in [3.8, 4) is 0 Å². The number of halogens is 1. The molecule has 0 saturated heterocycles. The summed E-state index contributed by atoms with van der Waals surface area (Å²) < 4.78 is 30.9. The zero-order valence-corrected chi connectivity index (χ0v) is 13.0. The van der Waals surface area contributed by atoms with Gasteiger partial charge >= 0.3 is 0 Å². The number of carbonyl (C=O) groups is 1. The number of anilines is 1. The van der Waals surface area contributed by atoms with Crippen LogP contribution >= 0.6 is 15.9 Å². The normalized spacial score (nSPS) is 11.3. The van der Waals surface area contributed by atoms with E-state index in [0.717, 1.165) is 0 Å². The van der Waals surface area contributed by atoms with Crippen LogP contribution in [0.1, 0.15) is 23.0 Å². The maximum Gasteiger partial charge on any atom is 0.232 e. The summed E-state index contributed by atoms with van der Waals surface area (Å²) in [4.78, 5) is 12.1. The standard InChI is InChI=1S/C13H12BrNO4S/c1-2-20(17,18)15-10-5-3-9(4-6-10)13(16)11-7-8-12(14)19-11/h3-8,15H,2H2,1H3. The minimum absolute atomic E-state index is 0.00585. The Hall–Kier alpha value is -1.60. The Labute approximate surface area is 125 Å². The Bertz CT molecular complexity index is 719. The van der Waals surface area contributed by atoms with Crippen molar-refractivity contribution in [2.75, 3.05) is 10.5 Å². The number of rotatable bonds is 5. The van der Waals surface area contributed by atoms with E-state index in [9.17, 15) is 13.2 Å². The maximum atomic E-state index is 12.1. The number of benzene rings is 1. The van der Waals surface area contributed by atoms with Gasteiger partial charge in [-0.1, -0.05) is 0 Å². The van der Waals surface area contributed by atoms with E-state index < -0.39 is 10.0 Å². The summed E-state index contributed by atoms with van der Waals surface area (Å²) in [5.41, 5.74) is 0.843. The Kier molecular flexibility index (Phi) is 4.29. The van der Waals surface area contributed by atoms with E-state index in [4.69, 9.17) is 4.42 Å². The van der Waals surface area contributed by atoms with Crippen LogP contribution < -0.4 is 4.72 Å². The van der Waals surface area contributed by atoms with Gasteiger partial charge in [0.05, 0.1) is 5.75 Å². The average Bonchev–Trinajstić information content (AvgIpc) is 2.85. The zero-order valence-electron chi connectivity index (χ0n) is 10.6. The first kappa shape index (κ1) is 14.8. The lowest BCUT2D eigenvalue weighted by Gasteiger charge is -2.06. The second-order valence-corrected chi connectivity index (χ2v) is 6.81. The monoisotopic (exact) mass is 357 g/mol. The summed E-state index contributed by atoms with van der Waals surface area (Å²) in [7, 11) is -3.31. The predicted molar refractivity (Wildman–Crippen MR) is 79.4 cm³/mol. The number of furan rings is 1. The molecule has 1 aromatic heterocycles. The molecule has 0 radical (unpaired) electrons. The van der Waals surface area contributed by atoms with Crippen LogP contribution in [0.15, 0.2) is 45.5 Å². The minimum Gasteiger partial charge on any atom is -0.446 e. The van der Waals surface area contributed by atoms with Crippen LogP contribution in [0.4, 0.5) is 5.69 Å². The SMILES string of the molecule is CCS(=O)(=O)Nc1ccc(C(=O)c2ccc(Br)o2)cc1. The fourth-order valence-corrected chi connectivity index (χ4v) is 2.47. The third kappa shape index (κ3) is 3.49. The molecule has 0 spiro atoms. The van der Waals surface area contributed by atoms with E-state index in [1.807, 2.05) is 0 Å². The molecule has 2 rings (SSSR count). The first-order chi connectivity index (χ1) is 9.41. The molecule has 0 atom stereocenters. The summed E-state index contributed by atoms with van der Waals surface area (Å²) in [6, 6.07) is 9.38. The fraction of sp³-hybridized carbons (Fsp3) is 0.154. The summed E-state index contributed by atoms with van der Waals surface area (Å²) in [5, 5.41) is 0. The highest BCUT2D eigenvalue weighted by Crippen LogP contribution is 2.19. The molecular weight excluding hydrogens is 346 g/mol. The number of hydrogen-bond acceptors (Lipinski definition) is 4. The molecule has 0 aliphatic heterocycles. The van der Waals surface area contributed by atoms with Crippen molar-refractivity contribution < 1.29 is 17.6 Å². The summed E-state index contributed by atoms with van der Waals surface area (Å²) in [6.07, 6.45) is 0. The number of carbonyl (C=O) groups excluding carboxylic acids is 1. The summed E-state index contributed by atoms with van der Waals surface area (Å²) in [5.74, 6) is -0.0481. The van der Waals surface area contributed by atoms with Crippen molar-refractivity contribution in [1.29, 1.82) is 0 Å². The molecular formula is C13H12BrNO4S. The van der Waals surface area contributed by atoms with Crippen molar-refractivity contribution in [2.45, 2.75) is 6.92 Å². The van der Waals surface area contributed by atoms with E-state index in [-0.39, 0.29) is 17.3 Å². The van der Waals surface area contributed by atoms with E-state index in [1.54, 1.807) is 43.3 Å². The molecule has 2 aromatic rings. The quantitative estimate of drug-likeness (QED) is 0.834. The molecule has 1 heterocycles. The number of hydrogen-bond donors (Lipinski definition) is 1. The molecule has 0 unspecified atom stereocenters. The van der Waals surface area contributed by atoms with Crippen molar-refractivity contribution in [3.05, 3.63) is 52.4 Å². The van der Waals surface area contributed by atoms with Gasteiger partial charge in [0.2, 0.25) is 15.8 Å². The van der Waals surface area contributed by atoms with Gasteiger partial charge in [-0.05, 0) is 59.3 Å². The van der Waals surface area contributed by atoms with Gasteiger partial charge in [-0.2, -0.15) is 0 Å². The van der Waals surface area contributed by atoms with E-state index in [1.165, 1.54) is 0 Å². The number of ketones is 1. The number of nitrogens with one attached hydrogen (secondary N) is 1. The van der Waals surface area contributed by atoms with Crippen LogP contribution in [0, 0.1) is 0 Å². The van der Waals surface area contributed by atoms with Gasteiger partial charge < -0.3 is 4.42 Å². The van der Waals surface area contributed by atoms with Crippen LogP contribution in [-0.2, 0) is 10.0 Å². The van der Waals surface area contributed by atoms with Crippen LogP contribution in [0.5, 0.6) is 0 Å².